The molecule has 0 aromatic carbocycles. The van der Waals surface area contributed by atoms with Crippen LogP contribution in [0.5, 0.6) is 0 Å². The third-order valence-corrected chi connectivity index (χ3v) is 2.66. The molecule has 1 aromatic rings. The van der Waals surface area contributed by atoms with Crippen LogP contribution < -0.4 is 10.6 Å². The lowest BCUT2D eigenvalue weighted by atomic mass is 10.1. The lowest BCUT2D eigenvalue weighted by Gasteiger charge is -2.33. The highest BCUT2D eigenvalue weighted by atomic mass is 16.5. The minimum Gasteiger partial charge on any atom is -0.465 e. The van der Waals surface area contributed by atoms with Crippen LogP contribution in [0.1, 0.15) is 38.1 Å². The first kappa shape index (κ1) is 14.3. The number of rotatable bonds is 4. The molecule has 0 saturated heterocycles. The van der Waals surface area contributed by atoms with E-state index in [2.05, 4.69) is 4.98 Å². The van der Waals surface area contributed by atoms with E-state index in [0.29, 0.717) is 17.2 Å². The van der Waals surface area contributed by atoms with Gasteiger partial charge in [-0.25, -0.2) is 9.78 Å². The maximum atomic E-state index is 11.8. The maximum absolute atomic E-state index is 11.8. The molecule has 0 radical (unpaired) electrons. The largest absolute Gasteiger partial charge is 0.465 e. The molecule has 0 amide bonds. The van der Waals surface area contributed by atoms with E-state index in [1.54, 1.807) is 12.1 Å². The third kappa shape index (κ3) is 2.91. The summed E-state index contributed by atoms with van der Waals surface area (Å²) in [6, 6.07) is 3.68. The van der Waals surface area contributed by atoms with Gasteiger partial charge in [0.15, 0.2) is 0 Å². The zero-order valence-corrected chi connectivity index (χ0v) is 11.6. The van der Waals surface area contributed by atoms with Crippen LogP contribution >= 0.6 is 0 Å². The SMILES string of the molecule is COC(=O)c1ccc(N)nc1N(C(C)C)C(C)C. The highest BCUT2D eigenvalue weighted by Crippen LogP contribution is 2.24. The summed E-state index contributed by atoms with van der Waals surface area (Å²) in [5.41, 5.74) is 6.16. The van der Waals surface area contributed by atoms with Crippen LogP contribution in [0.4, 0.5) is 11.6 Å². The molecule has 0 fully saturated rings. The van der Waals surface area contributed by atoms with Gasteiger partial charge in [-0.1, -0.05) is 0 Å². The monoisotopic (exact) mass is 251 g/mol. The zero-order valence-electron chi connectivity index (χ0n) is 11.6. The molecular weight excluding hydrogens is 230 g/mol. The number of esters is 1. The van der Waals surface area contributed by atoms with E-state index in [1.165, 1.54) is 7.11 Å². The van der Waals surface area contributed by atoms with Gasteiger partial charge in [0.25, 0.3) is 0 Å². The Labute approximate surface area is 108 Å². The molecule has 18 heavy (non-hydrogen) atoms. The second-order valence-corrected chi connectivity index (χ2v) is 4.69. The van der Waals surface area contributed by atoms with Crippen molar-refractivity contribution in [1.29, 1.82) is 0 Å². The fraction of sp³-hybridized carbons (Fsp3) is 0.538. The lowest BCUT2D eigenvalue weighted by Crippen LogP contribution is -2.39. The molecule has 1 aromatic heterocycles. The number of nitrogens with zero attached hydrogens (tertiary/aromatic N) is 2. The molecule has 5 nitrogen and oxygen atoms in total. The quantitative estimate of drug-likeness (QED) is 0.830. The lowest BCUT2D eigenvalue weighted by molar-refractivity contribution is 0.0601. The smallest absolute Gasteiger partial charge is 0.341 e. The fourth-order valence-corrected chi connectivity index (χ4v) is 2.01. The van der Waals surface area contributed by atoms with Gasteiger partial charge in [0.05, 0.1) is 7.11 Å². The number of anilines is 2. The second kappa shape index (κ2) is 5.71. The number of pyridine rings is 1. The van der Waals surface area contributed by atoms with E-state index in [0.717, 1.165) is 0 Å². The van der Waals surface area contributed by atoms with Gasteiger partial charge in [0, 0.05) is 12.1 Å². The summed E-state index contributed by atoms with van der Waals surface area (Å²) in [5.74, 6) is 0.569. The molecule has 0 aliphatic carbocycles. The van der Waals surface area contributed by atoms with Crippen molar-refractivity contribution in [3.8, 4) is 0 Å². The van der Waals surface area contributed by atoms with Gasteiger partial charge in [-0.2, -0.15) is 0 Å². The summed E-state index contributed by atoms with van der Waals surface area (Å²) in [5, 5.41) is 0. The second-order valence-electron chi connectivity index (χ2n) is 4.69. The molecule has 0 atom stereocenters. The van der Waals surface area contributed by atoms with Crippen molar-refractivity contribution >= 4 is 17.6 Å². The summed E-state index contributed by atoms with van der Waals surface area (Å²) in [7, 11) is 1.36. The molecule has 2 N–H and O–H groups in total. The Morgan fingerprint density at radius 2 is 1.83 bits per heavy atom. The van der Waals surface area contributed by atoms with Crippen LogP contribution in [-0.2, 0) is 4.74 Å². The van der Waals surface area contributed by atoms with E-state index in [4.69, 9.17) is 10.5 Å². The number of nitrogen functional groups attached to an aromatic ring is 1. The third-order valence-electron chi connectivity index (χ3n) is 2.66. The van der Waals surface area contributed by atoms with Crippen molar-refractivity contribution in [2.45, 2.75) is 39.8 Å². The first-order valence-electron chi connectivity index (χ1n) is 6.01. The van der Waals surface area contributed by atoms with Crippen molar-refractivity contribution < 1.29 is 9.53 Å². The molecule has 1 rings (SSSR count). The molecule has 1 heterocycles. The standard InChI is InChI=1S/C13H21N3O2/c1-8(2)16(9(3)4)12-10(13(17)18-5)6-7-11(14)15-12/h6-9H,1-5H3,(H2,14,15). The van der Waals surface area contributed by atoms with E-state index in [1.807, 2.05) is 32.6 Å². The average molecular weight is 251 g/mol. The Bertz CT molecular complexity index is 422. The van der Waals surface area contributed by atoms with Gasteiger partial charge in [0.2, 0.25) is 0 Å². The maximum Gasteiger partial charge on any atom is 0.341 e. The predicted octanol–water partition coefficient (Wildman–Crippen LogP) is 2.07. The Hall–Kier alpha value is -1.78. The minimum absolute atomic E-state index is 0.211. The van der Waals surface area contributed by atoms with Crippen molar-refractivity contribution in [1.82, 2.24) is 4.98 Å². The van der Waals surface area contributed by atoms with E-state index >= 15 is 0 Å². The summed E-state index contributed by atoms with van der Waals surface area (Å²) >= 11 is 0. The first-order chi connectivity index (χ1) is 8.38. The molecule has 100 valence electrons. The predicted molar refractivity (Wildman–Crippen MR) is 72.7 cm³/mol. The number of hydrogen-bond acceptors (Lipinski definition) is 5. The first-order valence-corrected chi connectivity index (χ1v) is 6.01. The normalized spacial score (nSPS) is 10.8. The summed E-state index contributed by atoms with van der Waals surface area (Å²) in [4.78, 5) is 18.1. The van der Waals surface area contributed by atoms with Gasteiger partial charge in [-0.05, 0) is 39.8 Å². The van der Waals surface area contributed by atoms with Crippen LogP contribution in [0.15, 0.2) is 12.1 Å². The van der Waals surface area contributed by atoms with Crippen LogP contribution in [0.2, 0.25) is 0 Å². The average Bonchev–Trinajstić information content (AvgIpc) is 2.27. The van der Waals surface area contributed by atoms with E-state index < -0.39 is 5.97 Å². The number of carbonyl (C=O) groups is 1. The van der Waals surface area contributed by atoms with Crippen LogP contribution in [0.25, 0.3) is 0 Å². The molecule has 0 unspecified atom stereocenters. The number of ether oxygens (including phenoxy) is 1. The Balaban J connectivity index is 3.35. The summed E-state index contributed by atoms with van der Waals surface area (Å²) < 4.78 is 4.78. The minimum atomic E-state index is -0.399. The molecule has 0 saturated carbocycles. The molecular formula is C13H21N3O2. The van der Waals surface area contributed by atoms with Crippen molar-refractivity contribution in [2.24, 2.45) is 0 Å². The molecule has 0 aliphatic rings. The highest BCUT2D eigenvalue weighted by molar-refractivity contribution is 5.95. The number of methoxy groups -OCH3 is 1. The number of carbonyl (C=O) groups excluding carboxylic acids is 1. The van der Waals surface area contributed by atoms with E-state index in [9.17, 15) is 4.79 Å². The fourth-order valence-electron chi connectivity index (χ4n) is 2.01. The van der Waals surface area contributed by atoms with Crippen molar-refractivity contribution in [3.05, 3.63) is 17.7 Å². The zero-order chi connectivity index (χ0) is 13.9. The molecule has 0 spiro atoms. The summed E-state index contributed by atoms with van der Waals surface area (Å²) in [6.07, 6.45) is 0. The molecule has 5 heteroatoms. The van der Waals surface area contributed by atoms with Crippen LogP contribution in [0, 0.1) is 0 Å². The number of nitrogens with two attached hydrogens (primary N) is 1. The van der Waals surface area contributed by atoms with Gasteiger partial charge in [-0.15, -0.1) is 0 Å². The van der Waals surface area contributed by atoms with Crippen LogP contribution in [-0.4, -0.2) is 30.1 Å². The molecule has 0 bridgehead atoms. The topological polar surface area (TPSA) is 68.5 Å². The van der Waals surface area contributed by atoms with Crippen LogP contribution in [0.3, 0.4) is 0 Å². The van der Waals surface area contributed by atoms with E-state index in [-0.39, 0.29) is 12.1 Å². The van der Waals surface area contributed by atoms with Gasteiger partial charge in [-0.3, -0.25) is 0 Å². The Morgan fingerprint density at radius 1 is 1.28 bits per heavy atom. The Morgan fingerprint density at radius 3 is 2.28 bits per heavy atom. The highest BCUT2D eigenvalue weighted by Gasteiger charge is 2.23. The van der Waals surface area contributed by atoms with Crippen molar-refractivity contribution in [2.75, 3.05) is 17.7 Å². The van der Waals surface area contributed by atoms with Gasteiger partial charge >= 0.3 is 5.97 Å². The Kier molecular flexibility index (Phi) is 4.53. The number of hydrogen-bond donors (Lipinski definition) is 1. The van der Waals surface area contributed by atoms with Gasteiger partial charge in [0.1, 0.15) is 17.2 Å². The summed E-state index contributed by atoms with van der Waals surface area (Å²) in [6.45, 7) is 8.19. The van der Waals surface area contributed by atoms with Crippen molar-refractivity contribution in [3.63, 3.8) is 0 Å². The van der Waals surface area contributed by atoms with Gasteiger partial charge < -0.3 is 15.4 Å². The molecule has 0 aliphatic heterocycles. The number of aromatic nitrogens is 1.